The first kappa shape index (κ1) is 10.4. The second kappa shape index (κ2) is 3.81. The number of carbonyl (C=O) groups is 1. The van der Waals surface area contributed by atoms with Crippen LogP contribution in [0.5, 0.6) is 5.75 Å². The fraction of sp³-hybridized carbons (Fsp3) is 0.167. The number of carbonyl (C=O) groups excluding carboxylic acids is 1. The van der Waals surface area contributed by atoms with Gasteiger partial charge in [0.2, 0.25) is 5.52 Å². The molecular formula is C12H11NO3. The summed E-state index contributed by atoms with van der Waals surface area (Å²) in [7, 11) is 0. The maximum atomic E-state index is 11.5. The van der Waals surface area contributed by atoms with Crippen LogP contribution >= 0.6 is 0 Å². The van der Waals surface area contributed by atoms with Crippen LogP contribution in [0, 0.1) is 12.1 Å². The molecule has 0 aliphatic carbocycles. The molecule has 0 fully saturated rings. The Morgan fingerprint density at radius 2 is 2.12 bits per heavy atom. The highest BCUT2D eigenvalue weighted by Crippen LogP contribution is 2.20. The van der Waals surface area contributed by atoms with Gasteiger partial charge in [0.05, 0.1) is 11.5 Å². The lowest BCUT2D eigenvalue weighted by Gasteiger charge is -2.06. The number of rotatable bonds is 1. The van der Waals surface area contributed by atoms with Crippen molar-refractivity contribution in [1.29, 1.82) is 0 Å². The number of esters is 1. The molecule has 0 bridgehead atoms. The average molecular weight is 217 g/mol. The molecule has 0 aliphatic rings. The van der Waals surface area contributed by atoms with E-state index in [-0.39, 0.29) is 0 Å². The van der Waals surface area contributed by atoms with E-state index in [9.17, 15) is 10.0 Å². The number of fused-ring (bicyclic) bond motifs is 1. The number of pyridine rings is 1. The lowest BCUT2D eigenvalue weighted by molar-refractivity contribution is -0.577. The Morgan fingerprint density at radius 1 is 1.38 bits per heavy atom. The van der Waals surface area contributed by atoms with Crippen LogP contribution in [0.4, 0.5) is 0 Å². The number of aryl methyl sites for hydroxylation is 1. The Labute approximate surface area is 92.7 Å². The van der Waals surface area contributed by atoms with Gasteiger partial charge in [-0.05, 0) is 24.6 Å². The van der Waals surface area contributed by atoms with Crippen LogP contribution in [0.3, 0.4) is 0 Å². The molecule has 0 amide bonds. The molecule has 0 saturated carbocycles. The Balaban J connectivity index is 2.61. The second-order valence-corrected chi connectivity index (χ2v) is 3.60. The lowest BCUT2D eigenvalue weighted by Crippen LogP contribution is -2.26. The first-order valence-electron chi connectivity index (χ1n) is 4.89. The third-order valence-corrected chi connectivity index (χ3v) is 2.35. The van der Waals surface area contributed by atoms with Gasteiger partial charge < -0.3 is 9.94 Å². The van der Waals surface area contributed by atoms with Gasteiger partial charge in [0.25, 0.3) is 0 Å². The summed E-state index contributed by atoms with van der Waals surface area (Å²) in [5, 5.41) is 12.4. The van der Waals surface area contributed by atoms with Crippen LogP contribution < -0.4 is 9.47 Å². The number of nitrogens with zero attached hydrogens (tertiary/aromatic N) is 1. The summed E-state index contributed by atoms with van der Waals surface area (Å²) in [6, 6.07) is 6.77. The van der Waals surface area contributed by atoms with Gasteiger partial charge in [-0.2, -0.15) is 4.73 Å². The van der Waals surface area contributed by atoms with Crippen molar-refractivity contribution in [3.05, 3.63) is 41.2 Å². The fourth-order valence-electron chi connectivity index (χ4n) is 1.61. The monoisotopic (exact) mass is 217 g/mol. The van der Waals surface area contributed by atoms with Crippen molar-refractivity contribution in [2.75, 3.05) is 0 Å². The van der Waals surface area contributed by atoms with Gasteiger partial charge in [0.1, 0.15) is 5.75 Å². The molecule has 2 rings (SSSR count). The predicted molar refractivity (Wildman–Crippen MR) is 59.0 cm³/mol. The number of hydrogen-bond acceptors (Lipinski definition) is 3. The smallest absolute Gasteiger partial charge is 0.308 e. The van der Waals surface area contributed by atoms with Crippen LogP contribution in [0.1, 0.15) is 12.5 Å². The molecule has 1 aromatic carbocycles. The Hall–Kier alpha value is -2.10. The quantitative estimate of drug-likeness (QED) is 0.316. The Bertz CT molecular complexity index is 563. The SMILES string of the molecule is CC(=O)Oc1ccc2c(C)cc[n+]([O-])c2c1. The van der Waals surface area contributed by atoms with Crippen molar-refractivity contribution in [3.8, 4) is 5.75 Å². The molecule has 82 valence electrons. The Kier molecular flexibility index (Phi) is 2.48. The maximum Gasteiger partial charge on any atom is 0.308 e. The molecule has 4 heteroatoms. The van der Waals surface area contributed by atoms with E-state index in [1.54, 1.807) is 24.3 Å². The van der Waals surface area contributed by atoms with Gasteiger partial charge in [0, 0.05) is 13.0 Å². The molecule has 4 nitrogen and oxygen atoms in total. The van der Waals surface area contributed by atoms with Gasteiger partial charge in [-0.1, -0.05) is 0 Å². The summed E-state index contributed by atoms with van der Waals surface area (Å²) in [5.41, 5.74) is 1.51. The molecule has 0 unspecified atom stereocenters. The number of benzene rings is 1. The summed E-state index contributed by atoms with van der Waals surface area (Å²) < 4.78 is 5.69. The van der Waals surface area contributed by atoms with Crippen molar-refractivity contribution in [2.24, 2.45) is 0 Å². The number of aromatic nitrogens is 1. The fourth-order valence-corrected chi connectivity index (χ4v) is 1.61. The van der Waals surface area contributed by atoms with Crippen molar-refractivity contribution in [2.45, 2.75) is 13.8 Å². The molecule has 0 saturated heterocycles. The van der Waals surface area contributed by atoms with E-state index in [0.29, 0.717) is 11.3 Å². The van der Waals surface area contributed by atoms with Crippen LogP contribution in [0.15, 0.2) is 30.5 Å². The van der Waals surface area contributed by atoms with Crippen molar-refractivity contribution >= 4 is 16.9 Å². The van der Waals surface area contributed by atoms with Gasteiger partial charge in [-0.15, -0.1) is 0 Å². The highest BCUT2D eigenvalue weighted by Gasteiger charge is 2.08. The topological polar surface area (TPSA) is 53.2 Å². The highest BCUT2D eigenvalue weighted by atomic mass is 16.5. The van der Waals surface area contributed by atoms with Crippen LogP contribution in [-0.2, 0) is 4.79 Å². The zero-order valence-corrected chi connectivity index (χ0v) is 9.06. The molecule has 1 heterocycles. The van der Waals surface area contributed by atoms with Crippen LogP contribution in [0.2, 0.25) is 0 Å². The summed E-state index contributed by atoms with van der Waals surface area (Å²) in [6.45, 7) is 3.25. The summed E-state index contributed by atoms with van der Waals surface area (Å²) in [6.07, 6.45) is 1.44. The van der Waals surface area contributed by atoms with E-state index in [1.807, 2.05) is 6.92 Å². The molecule has 0 radical (unpaired) electrons. The Morgan fingerprint density at radius 3 is 2.81 bits per heavy atom. The number of hydrogen-bond donors (Lipinski definition) is 0. The minimum absolute atomic E-state index is 0.384. The first-order valence-corrected chi connectivity index (χ1v) is 4.89. The molecular weight excluding hydrogens is 206 g/mol. The van der Waals surface area contributed by atoms with E-state index in [1.165, 1.54) is 13.1 Å². The van der Waals surface area contributed by atoms with Crippen LogP contribution in [-0.4, -0.2) is 5.97 Å². The normalized spacial score (nSPS) is 10.4. The van der Waals surface area contributed by atoms with Crippen molar-refractivity contribution < 1.29 is 14.3 Å². The second-order valence-electron chi connectivity index (χ2n) is 3.60. The molecule has 0 N–H and O–H groups in total. The summed E-state index contributed by atoms with van der Waals surface area (Å²) in [4.78, 5) is 10.8. The average Bonchev–Trinajstić information content (AvgIpc) is 2.23. The zero-order valence-electron chi connectivity index (χ0n) is 9.06. The summed E-state index contributed by atoms with van der Waals surface area (Å²) >= 11 is 0. The highest BCUT2D eigenvalue weighted by molar-refractivity contribution is 5.81. The molecule has 0 spiro atoms. The summed E-state index contributed by atoms with van der Waals surface area (Å²) in [5.74, 6) is -0.0142. The lowest BCUT2D eigenvalue weighted by atomic mass is 10.1. The maximum absolute atomic E-state index is 11.5. The third kappa shape index (κ3) is 1.82. The van der Waals surface area contributed by atoms with E-state index in [4.69, 9.17) is 4.74 Å². The van der Waals surface area contributed by atoms with E-state index >= 15 is 0 Å². The van der Waals surface area contributed by atoms with Gasteiger partial charge in [0.15, 0.2) is 6.20 Å². The minimum atomic E-state index is -0.399. The molecule has 1 aromatic heterocycles. The largest absolute Gasteiger partial charge is 0.618 e. The van der Waals surface area contributed by atoms with E-state index in [0.717, 1.165) is 15.7 Å². The number of ether oxygens (including phenoxy) is 1. The van der Waals surface area contributed by atoms with Crippen molar-refractivity contribution in [1.82, 2.24) is 0 Å². The van der Waals surface area contributed by atoms with Crippen LogP contribution in [0.25, 0.3) is 10.9 Å². The molecule has 2 aromatic rings. The van der Waals surface area contributed by atoms with E-state index in [2.05, 4.69) is 0 Å². The first-order chi connectivity index (χ1) is 7.58. The minimum Gasteiger partial charge on any atom is -0.618 e. The van der Waals surface area contributed by atoms with Crippen molar-refractivity contribution in [3.63, 3.8) is 0 Å². The van der Waals surface area contributed by atoms with Gasteiger partial charge in [-0.3, -0.25) is 4.79 Å². The molecule has 16 heavy (non-hydrogen) atoms. The predicted octanol–water partition coefficient (Wildman–Crippen LogP) is 1.71. The standard InChI is InChI=1S/C12H11NO3/c1-8-5-6-13(15)12-7-10(16-9(2)14)3-4-11(8)12/h3-7H,1-2H3. The van der Waals surface area contributed by atoms with E-state index < -0.39 is 5.97 Å². The molecule has 0 atom stereocenters. The van der Waals surface area contributed by atoms with Gasteiger partial charge in [-0.25, -0.2) is 0 Å². The zero-order chi connectivity index (χ0) is 11.7. The third-order valence-electron chi connectivity index (χ3n) is 2.35. The van der Waals surface area contributed by atoms with Gasteiger partial charge >= 0.3 is 5.97 Å². The molecule has 0 aliphatic heterocycles.